The summed E-state index contributed by atoms with van der Waals surface area (Å²) in [6, 6.07) is -0.904. The number of methoxy groups -OCH3 is 2. The number of nitrogens with one attached hydrogen (secondary N) is 1. The zero-order chi connectivity index (χ0) is 21.6. The zero-order valence-electron chi connectivity index (χ0n) is 17.4. The van der Waals surface area contributed by atoms with E-state index in [-0.39, 0.29) is 6.61 Å². The van der Waals surface area contributed by atoms with Crippen molar-refractivity contribution in [3.63, 3.8) is 0 Å². The fourth-order valence-corrected chi connectivity index (χ4v) is 2.64. The highest BCUT2D eigenvalue weighted by molar-refractivity contribution is 5.75. The first-order valence-corrected chi connectivity index (χ1v) is 8.96. The van der Waals surface area contributed by atoms with Gasteiger partial charge in [0.1, 0.15) is 31.0 Å². The molecule has 0 aromatic carbocycles. The van der Waals surface area contributed by atoms with Crippen molar-refractivity contribution in [1.82, 2.24) is 5.32 Å². The molecule has 1 rings (SSSR count). The summed E-state index contributed by atoms with van der Waals surface area (Å²) in [6.07, 6.45) is -5.40. The third-order valence-electron chi connectivity index (χ3n) is 4.16. The molecule has 0 aliphatic carbocycles. The number of amides is 1. The van der Waals surface area contributed by atoms with E-state index < -0.39 is 60.0 Å². The monoisotopic (exact) mass is 405 g/mol. The van der Waals surface area contributed by atoms with Gasteiger partial charge in [0, 0.05) is 14.0 Å². The minimum atomic E-state index is -1.32. The summed E-state index contributed by atoms with van der Waals surface area (Å²) in [7, 11) is 2.57. The molecule has 162 valence electrons. The van der Waals surface area contributed by atoms with Crippen LogP contribution in [-0.2, 0) is 38.1 Å². The van der Waals surface area contributed by atoms with Crippen LogP contribution < -0.4 is 5.32 Å². The summed E-state index contributed by atoms with van der Waals surface area (Å²) in [5, 5.41) is 13.3. The maximum atomic E-state index is 12.0. The second kappa shape index (κ2) is 10.1. The Morgan fingerprint density at radius 2 is 1.82 bits per heavy atom. The third kappa shape index (κ3) is 6.40. The average Bonchev–Trinajstić information content (AvgIpc) is 2.61. The fraction of sp³-hybridized carbons (Fsp3) is 0.833. The van der Waals surface area contributed by atoms with Gasteiger partial charge >= 0.3 is 11.9 Å². The first-order valence-electron chi connectivity index (χ1n) is 8.96. The summed E-state index contributed by atoms with van der Waals surface area (Å²) in [6.45, 7) is 7.58. The lowest BCUT2D eigenvalue weighted by molar-refractivity contribution is -0.276. The minimum Gasteiger partial charge on any atom is -0.467 e. The van der Waals surface area contributed by atoms with Crippen LogP contribution >= 0.6 is 0 Å². The molecule has 10 heteroatoms. The van der Waals surface area contributed by atoms with Gasteiger partial charge < -0.3 is 34.1 Å². The van der Waals surface area contributed by atoms with Crippen LogP contribution in [0.4, 0.5) is 0 Å². The normalized spacial score (nSPS) is 28.9. The predicted octanol–water partition coefficient (Wildman–Crippen LogP) is -0.241. The molecule has 1 fully saturated rings. The van der Waals surface area contributed by atoms with Crippen molar-refractivity contribution in [3.05, 3.63) is 0 Å². The Morgan fingerprint density at radius 1 is 1.21 bits per heavy atom. The third-order valence-corrected chi connectivity index (χ3v) is 4.16. The fourth-order valence-electron chi connectivity index (χ4n) is 2.64. The van der Waals surface area contributed by atoms with Crippen molar-refractivity contribution in [2.75, 3.05) is 20.8 Å². The number of aliphatic hydroxyl groups is 1. The van der Waals surface area contributed by atoms with Crippen LogP contribution in [0, 0.1) is 5.41 Å². The molecular formula is C18H31NO9. The second-order valence-corrected chi connectivity index (χ2v) is 7.61. The number of carbonyl (C=O) groups is 3. The van der Waals surface area contributed by atoms with Crippen molar-refractivity contribution >= 4 is 17.8 Å². The van der Waals surface area contributed by atoms with Gasteiger partial charge in [-0.3, -0.25) is 9.59 Å². The minimum absolute atomic E-state index is 0.254. The topological polar surface area (TPSA) is 130 Å². The molecule has 1 amide bonds. The highest BCUT2D eigenvalue weighted by atomic mass is 16.7. The molecule has 6 atom stereocenters. The second-order valence-electron chi connectivity index (χ2n) is 7.61. The summed E-state index contributed by atoms with van der Waals surface area (Å²) in [4.78, 5) is 35.3. The van der Waals surface area contributed by atoms with Crippen LogP contribution in [0.25, 0.3) is 0 Å². The smallest absolute Gasteiger partial charge is 0.334 e. The highest BCUT2D eigenvalue weighted by Crippen LogP contribution is 2.26. The Labute approximate surface area is 164 Å². The predicted molar refractivity (Wildman–Crippen MR) is 96.0 cm³/mol. The van der Waals surface area contributed by atoms with Crippen LogP contribution in [0.1, 0.15) is 34.6 Å². The van der Waals surface area contributed by atoms with Crippen molar-refractivity contribution in [2.45, 2.75) is 71.4 Å². The molecule has 1 heterocycles. The van der Waals surface area contributed by atoms with Crippen LogP contribution in [0.5, 0.6) is 0 Å². The Kier molecular flexibility index (Phi) is 8.80. The summed E-state index contributed by atoms with van der Waals surface area (Å²) >= 11 is 0. The molecule has 0 bridgehead atoms. The van der Waals surface area contributed by atoms with Gasteiger partial charge in [0.15, 0.2) is 12.4 Å². The number of carbonyl (C=O) groups excluding carboxylic acids is 3. The van der Waals surface area contributed by atoms with Crippen LogP contribution in [0.15, 0.2) is 0 Å². The summed E-state index contributed by atoms with van der Waals surface area (Å²) in [5.74, 6) is -1.52. The van der Waals surface area contributed by atoms with Crippen molar-refractivity contribution < 1.29 is 43.2 Å². The van der Waals surface area contributed by atoms with Gasteiger partial charge in [0.25, 0.3) is 0 Å². The molecule has 0 saturated carbocycles. The Morgan fingerprint density at radius 3 is 2.29 bits per heavy atom. The highest BCUT2D eigenvalue weighted by Gasteiger charge is 2.48. The maximum Gasteiger partial charge on any atom is 0.334 e. The largest absolute Gasteiger partial charge is 0.467 e. The van der Waals surface area contributed by atoms with Crippen molar-refractivity contribution in [2.24, 2.45) is 5.41 Å². The van der Waals surface area contributed by atoms with Crippen molar-refractivity contribution in [3.8, 4) is 0 Å². The van der Waals surface area contributed by atoms with E-state index in [0.29, 0.717) is 0 Å². The molecule has 1 aliphatic heterocycles. The van der Waals surface area contributed by atoms with Gasteiger partial charge in [-0.15, -0.1) is 0 Å². The molecule has 0 unspecified atom stereocenters. The van der Waals surface area contributed by atoms with E-state index in [4.69, 9.17) is 18.9 Å². The maximum absolute atomic E-state index is 12.0. The Hall–Kier alpha value is -1.75. The zero-order valence-corrected chi connectivity index (χ0v) is 17.4. The van der Waals surface area contributed by atoms with Gasteiger partial charge in [-0.1, -0.05) is 0 Å². The standard InChI is InChI=1S/C18H31NO9/c1-9(15(22)24-6)27-14-12(19-10(2)20)16(25-7)28-11(13(14)21)8-26-17(23)18(3,4)5/h9,11-14,16,21H,8H2,1-7H3,(H,19,20)/t9-,11-,12-,13-,14-,16-/m1/s1. The molecule has 1 saturated heterocycles. The molecule has 2 N–H and O–H groups in total. The SMILES string of the molecule is COC(=O)[C@@H](C)O[C@H]1[C@H](O)[C@@H](COC(=O)C(C)(C)C)O[C@@H](OC)[C@@H]1NC(C)=O. The van der Waals surface area contributed by atoms with Crippen LogP contribution in [0.2, 0.25) is 0 Å². The molecule has 0 radical (unpaired) electrons. The number of esters is 2. The molecule has 0 spiro atoms. The first-order chi connectivity index (χ1) is 12.9. The molecule has 0 aromatic rings. The van der Waals surface area contributed by atoms with Gasteiger partial charge in [0.2, 0.25) is 5.91 Å². The van der Waals surface area contributed by atoms with E-state index in [1.807, 2.05) is 0 Å². The average molecular weight is 405 g/mol. The van der Waals surface area contributed by atoms with Crippen LogP contribution in [0.3, 0.4) is 0 Å². The lowest BCUT2D eigenvalue weighted by Gasteiger charge is -2.44. The van der Waals surface area contributed by atoms with E-state index in [9.17, 15) is 19.5 Å². The quantitative estimate of drug-likeness (QED) is 0.551. The van der Waals surface area contributed by atoms with E-state index in [1.54, 1.807) is 20.8 Å². The summed E-state index contributed by atoms with van der Waals surface area (Å²) < 4.78 is 26.5. The Bertz CT molecular complexity index is 560. The number of hydrogen-bond donors (Lipinski definition) is 2. The number of rotatable bonds is 7. The number of hydrogen-bond acceptors (Lipinski definition) is 9. The first kappa shape index (κ1) is 24.3. The van der Waals surface area contributed by atoms with Gasteiger partial charge in [0.05, 0.1) is 12.5 Å². The molecule has 1 aliphatic rings. The molecule has 0 aromatic heterocycles. The number of ether oxygens (including phenoxy) is 5. The van der Waals surface area contributed by atoms with E-state index in [1.165, 1.54) is 28.1 Å². The Balaban J connectivity index is 3.03. The van der Waals surface area contributed by atoms with Gasteiger partial charge in [-0.05, 0) is 27.7 Å². The lowest BCUT2D eigenvalue weighted by atomic mass is 9.95. The van der Waals surface area contributed by atoms with Crippen molar-refractivity contribution in [1.29, 1.82) is 0 Å². The van der Waals surface area contributed by atoms with Gasteiger partial charge in [-0.2, -0.15) is 0 Å². The lowest BCUT2D eigenvalue weighted by Crippen LogP contribution is -2.66. The molecule has 28 heavy (non-hydrogen) atoms. The van der Waals surface area contributed by atoms with Gasteiger partial charge in [-0.25, -0.2) is 4.79 Å². The molecular weight excluding hydrogens is 374 g/mol. The molecule has 10 nitrogen and oxygen atoms in total. The van der Waals surface area contributed by atoms with E-state index >= 15 is 0 Å². The van der Waals surface area contributed by atoms with Crippen LogP contribution in [-0.4, -0.2) is 80.5 Å². The summed E-state index contributed by atoms with van der Waals surface area (Å²) in [5.41, 5.74) is -0.728. The van der Waals surface area contributed by atoms with E-state index in [0.717, 1.165) is 0 Å². The number of aliphatic hydroxyl groups excluding tert-OH is 1. The van der Waals surface area contributed by atoms with E-state index in [2.05, 4.69) is 10.1 Å².